The third kappa shape index (κ3) is 1.68. The van der Waals surface area contributed by atoms with Crippen LogP contribution in [0.5, 0.6) is 11.5 Å². The van der Waals surface area contributed by atoms with E-state index in [1.54, 1.807) is 6.07 Å². The molecule has 1 aromatic rings. The molecule has 0 unspecified atom stereocenters. The van der Waals surface area contributed by atoms with Crippen molar-refractivity contribution in [3.8, 4) is 11.5 Å². The van der Waals surface area contributed by atoms with E-state index in [1.807, 2.05) is 6.07 Å². The third-order valence-electron chi connectivity index (χ3n) is 6.94. The maximum absolute atomic E-state index is 11.8. The number of aliphatic hydroxyl groups excluding tert-OH is 1. The van der Waals surface area contributed by atoms with E-state index in [-0.39, 0.29) is 6.04 Å². The number of piperidine rings is 1. The number of hydrogen-bond donors (Lipinski definition) is 2. The third-order valence-corrected chi connectivity index (χ3v) is 6.94. The number of ether oxygens (including phenoxy) is 2. The average Bonchev–Trinajstić information content (AvgIpc) is 2.91. The maximum atomic E-state index is 11.8. The quantitative estimate of drug-likeness (QED) is 0.578. The SMILES string of the molecule is CC(=O)Oc1ccc2c3c1O[C@H]1[C@H](O)CC[C@@]4(O)[C@@H](C2)N(C)CC[C@]314. The molecule has 0 aromatic heterocycles. The van der Waals surface area contributed by atoms with Crippen molar-refractivity contribution in [2.75, 3.05) is 13.6 Å². The average molecular weight is 345 g/mol. The zero-order valence-corrected chi connectivity index (χ0v) is 14.5. The molecule has 4 aliphatic rings. The summed E-state index contributed by atoms with van der Waals surface area (Å²) in [6.45, 7) is 2.21. The van der Waals surface area contributed by atoms with Crippen molar-refractivity contribution in [3.05, 3.63) is 23.3 Å². The number of rotatable bonds is 1. The van der Waals surface area contributed by atoms with E-state index in [4.69, 9.17) is 9.47 Å². The first-order valence-electron chi connectivity index (χ1n) is 9.00. The van der Waals surface area contributed by atoms with Gasteiger partial charge in [-0.3, -0.25) is 4.79 Å². The van der Waals surface area contributed by atoms with E-state index in [0.29, 0.717) is 24.3 Å². The van der Waals surface area contributed by atoms with Gasteiger partial charge in [-0.2, -0.15) is 0 Å². The summed E-state index contributed by atoms with van der Waals surface area (Å²) in [5, 5.41) is 22.5. The van der Waals surface area contributed by atoms with Crippen molar-refractivity contribution in [1.29, 1.82) is 0 Å². The molecule has 6 nitrogen and oxygen atoms in total. The number of likely N-dealkylation sites (tertiary alicyclic amines) is 1. The van der Waals surface area contributed by atoms with E-state index in [1.165, 1.54) is 6.92 Å². The molecule has 2 aliphatic heterocycles. The van der Waals surface area contributed by atoms with E-state index in [0.717, 1.165) is 30.5 Å². The van der Waals surface area contributed by atoms with Crippen LogP contribution in [-0.4, -0.2) is 58.5 Å². The highest BCUT2D eigenvalue weighted by Crippen LogP contribution is 2.65. The maximum Gasteiger partial charge on any atom is 0.308 e. The predicted molar refractivity (Wildman–Crippen MR) is 88.8 cm³/mol. The number of carbonyl (C=O) groups excluding carboxylic acids is 1. The molecule has 2 bridgehead atoms. The van der Waals surface area contributed by atoms with Crippen LogP contribution in [0.4, 0.5) is 0 Å². The Kier molecular flexibility index (Phi) is 2.97. The van der Waals surface area contributed by atoms with Crippen LogP contribution in [0.15, 0.2) is 12.1 Å². The molecular weight excluding hydrogens is 322 g/mol. The first-order chi connectivity index (χ1) is 11.9. The van der Waals surface area contributed by atoms with Crippen LogP contribution >= 0.6 is 0 Å². The lowest BCUT2D eigenvalue weighted by atomic mass is 9.49. The van der Waals surface area contributed by atoms with Crippen LogP contribution in [-0.2, 0) is 16.6 Å². The van der Waals surface area contributed by atoms with Crippen molar-refractivity contribution < 1.29 is 24.5 Å². The molecule has 0 radical (unpaired) electrons. The molecule has 2 heterocycles. The van der Waals surface area contributed by atoms with Crippen molar-refractivity contribution in [2.45, 2.75) is 61.9 Å². The standard InChI is InChI=1S/C19H23NO5/c1-10(21)24-13-4-3-11-9-14-19(23)6-5-12(22)17-18(19,7-8-20(14)2)15(11)16(13)25-17/h3-4,12,14,17,22-23H,5-9H2,1-2H3/t12-,14-,17+,18+,19-/m1/s1. The zero-order valence-electron chi connectivity index (χ0n) is 14.5. The summed E-state index contributed by atoms with van der Waals surface area (Å²) >= 11 is 0. The summed E-state index contributed by atoms with van der Waals surface area (Å²) in [6.07, 6.45) is 1.41. The molecule has 1 saturated carbocycles. The van der Waals surface area contributed by atoms with Gasteiger partial charge in [-0.25, -0.2) is 0 Å². The van der Waals surface area contributed by atoms with E-state index in [2.05, 4.69) is 11.9 Å². The molecule has 2 N–H and O–H groups in total. The number of nitrogens with zero attached hydrogens (tertiary/aromatic N) is 1. The topological polar surface area (TPSA) is 79.2 Å². The van der Waals surface area contributed by atoms with Crippen LogP contribution in [0.25, 0.3) is 0 Å². The molecule has 5 atom stereocenters. The van der Waals surface area contributed by atoms with Gasteiger partial charge in [-0.1, -0.05) is 6.07 Å². The van der Waals surface area contributed by atoms with Gasteiger partial charge in [0.05, 0.1) is 17.1 Å². The molecule has 1 saturated heterocycles. The van der Waals surface area contributed by atoms with Crippen LogP contribution in [0.3, 0.4) is 0 Å². The van der Waals surface area contributed by atoms with E-state index in [9.17, 15) is 15.0 Å². The minimum Gasteiger partial charge on any atom is -0.482 e. The summed E-state index contributed by atoms with van der Waals surface area (Å²) in [7, 11) is 2.06. The first-order valence-corrected chi connectivity index (χ1v) is 9.00. The summed E-state index contributed by atoms with van der Waals surface area (Å²) in [5.41, 5.74) is 0.531. The second-order valence-electron chi connectivity index (χ2n) is 8.01. The number of benzene rings is 1. The lowest BCUT2D eigenvalue weighted by Crippen LogP contribution is -2.76. The summed E-state index contributed by atoms with van der Waals surface area (Å²) in [6, 6.07) is 3.77. The number of hydrogen-bond acceptors (Lipinski definition) is 6. The van der Waals surface area contributed by atoms with E-state index >= 15 is 0 Å². The second-order valence-corrected chi connectivity index (χ2v) is 8.01. The van der Waals surface area contributed by atoms with Gasteiger partial charge in [0.2, 0.25) is 0 Å². The van der Waals surface area contributed by atoms with Crippen LogP contribution in [0, 0.1) is 0 Å². The second kappa shape index (κ2) is 4.75. The fourth-order valence-electron chi connectivity index (χ4n) is 5.95. The Labute approximate surface area is 146 Å². The number of esters is 1. The summed E-state index contributed by atoms with van der Waals surface area (Å²) in [5.74, 6) is 0.530. The lowest BCUT2D eigenvalue weighted by Gasteiger charge is -2.63. The molecule has 134 valence electrons. The Hall–Kier alpha value is -1.63. The van der Waals surface area contributed by atoms with Gasteiger partial charge in [0, 0.05) is 18.5 Å². The molecule has 2 fully saturated rings. The van der Waals surface area contributed by atoms with Gasteiger partial charge in [-0.05, 0) is 50.9 Å². The lowest BCUT2D eigenvalue weighted by molar-refractivity contribution is -0.204. The number of carbonyl (C=O) groups is 1. The van der Waals surface area contributed by atoms with Gasteiger partial charge >= 0.3 is 5.97 Å². The molecule has 1 aromatic carbocycles. The van der Waals surface area contributed by atoms with Gasteiger partial charge in [0.25, 0.3) is 0 Å². The molecule has 1 spiro atoms. The van der Waals surface area contributed by atoms with Crippen molar-refractivity contribution >= 4 is 5.97 Å². The highest BCUT2D eigenvalue weighted by molar-refractivity contribution is 5.72. The van der Waals surface area contributed by atoms with Crippen molar-refractivity contribution in [1.82, 2.24) is 4.90 Å². The Morgan fingerprint density at radius 1 is 1.40 bits per heavy atom. The minimum absolute atomic E-state index is 0.0119. The van der Waals surface area contributed by atoms with Gasteiger partial charge in [0.15, 0.2) is 11.5 Å². The van der Waals surface area contributed by atoms with Crippen LogP contribution in [0.1, 0.15) is 37.3 Å². The number of aliphatic hydroxyl groups is 2. The fourth-order valence-corrected chi connectivity index (χ4v) is 5.95. The van der Waals surface area contributed by atoms with Crippen LogP contribution in [0.2, 0.25) is 0 Å². The van der Waals surface area contributed by atoms with Crippen molar-refractivity contribution in [3.63, 3.8) is 0 Å². The molecular formula is C19H23NO5. The van der Waals surface area contributed by atoms with Crippen molar-refractivity contribution in [2.24, 2.45) is 0 Å². The van der Waals surface area contributed by atoms with Gasteiger partial charge in [0.1, 0.15) is 6.10 Å². The highest BCUT2D eigenvalue weighted by atomic mass is 16.6. The highest BCUT2D eigenvalue weighted by Gasteiger charge is 2.72. The normalized spacial score (nSPS) is 41.0. The minimum atomic E-state index is -0.934. The Morgan fingerprint density at radius 3 is 2.96 bits per heavy atom. The molecule has 5 rings (SSSR count). The summed E-state index contributed by atoms with van der Waals surface area (Å²) in [4.78, 5) is 13.7. The molecule has 25 heavy (non-hydrogen) atoms. The molecule has 2 aliphatic carbocycles. The van der Waals surface area contributed by atoms with E-state index < -0.39 is 29.2 Å². The number of likely N-dealkylation sites (N-methyl/N-ethyl adjacent to an activating group) is 1. The van der Waals surface area contributed by atoms with Gasteiger partial charge in [-0.15, -0.1) is 0 Å². The monoisotopic (exact) mass is 345 g/mol. The van der Waals surface area contributed by atoms with Gasteiger partial charge < -0.3 is 24.6 Å². The Morgan fingerprint density at radius 2 is 2.20 bits per heavy atom. The smallest absolute Gasteiger partial charge is 0.308 e. The largest absolute Gasteiger partial charge is 0.482 e. The fraction of sp³-hybridized carbons (Fsp3) is 0.632. The Balaban J connectivity index is 1.79. The first kappa shape index (κ1) is 15.6. The molecule has 6 heteroatoms. The van der Waals surface area contributed by atoms with Crippen LogP contribution < -0.4 is 9.47 Å². The zero-order chi connectivity index (χ0) is 17.6. The molecule has 0 amide bonds. The summed E-state index contributed by atoms with van der Waals surface area (Å²) < 4.78 is 11.6. The Bertz CT molecular complexity index is 779. The predicted octanol–water partition coefficient (Wildman–Crippen LogP) is 0.757.